The molecule has 29 heavy (non-hydrogen) atoms. The van der Waals surface area contributed by atoms with E-state index in [0.29, 0.717) is 31.9 Å². The molecule has 1 aliphatic carbocycles. The van der Waals surface area contributed by atoms with Crippen molar-refractivity contribution in [3.8, 4) is 22.6 Å². The molecule has 0 saturated heterocycles. The minimum Gasteiger partial charge on any atom is -0.493 e. The maximum Gasteiger partial charge on any atom is 0.254 e. The van der Waals surface area contributed by atoms with Gasteiger partial charge in [-0.2, -0.15) is 0 Å². The zero-order valence-corrected chi connectivity index (χ0v) is 17.7. The van der Waals surface area contributed by atoms with Crippen molar-refractivity contribution in [1.82, 2.24) is 9.29 Å². The van der Waals surface area contributed by atoms with Crippen LogP contribution in [-0.2, 0) is 24.4 Å². The Balaban J connectivity index is 1.95. The van der Waals surface area contributed by atoms with E-state index in [1.165, 1.54) is 23.5 Å². The lowest BCUT2D eigenvalue weighted by Gasteiger charge is -2.17. The van der Waals surface area contributed by atoms with E-state index in [4.69, 9.17) is 9.47 Å². The Labute approximate surface area is 172 Å². The Morgan fingerprint density at radius 1 is 1.14 bits per heavy atom. The third-order valence-corrected chi connectivity index (χ3v) is 5.44. The van der Waals surface area contributed by atoms with Gasteiger partial charge in [-0.3, -0.25) is 4.79 Å². The van der Waals surface area contributed by atoms with Gasteiger partial charge in [0.25, 0.3) is 5.56 Å². The van der Waals surface area contributed by atoms with Gasteiger partial charge in [0.2, 0.25) is 10.9 Å². The Morgan fingerprint density at radius 2 is 1.93 bits per heavy atom. The van der Waals surface area contributed by atoms with Gasteiger partial charge in [-0.05, 0) is 43.4 Å². The summed E-state index contributed by atoms with van der Waals surface area (Å²) in [7, 11) is -0.912. The molecule has 0 atom stereocenters. The molecule has 0 spiro atoms. The van der Waals surface area contributed by atoms with E-state index in [2.05, 4.69) is 4.72 Å². The summed E-state index contributed by atoms with van der Waals surface area (Å²) in [6.45, 7) is 3.29. The maximum absolute atomic E-state index is 12.1. The molecule has 1 aromatic heterocycles. The van der Waals surface area contributed by atoms with Gasteiger partial charge in [-0.1, -0.05) is 18.9 Å². The van der Waals surface area contributed by atoms with Crippen LogP contribution in [0.3, 0.4) is 0 Å². The highest BCUT2D eigenvalue weighted by atomic mass is 32.2. The fourth-order valence-corrected chi connectivity index (χ4v) is 3.49. The first-order valence-electron chi connectivity index (χ1n) is 9.95. The molecule has 158 valence electrons. The van der Waals surface area contributed by atoms with E-state index < -0.39 is 10.9 Å². The number of aryl methyl sites for hydroxylation is 1. The highest BCUT2D eigenvalue weighted by Gasteiger charge is 2.21. The first-order valence-corrected chi connectivity index (χ1v) is 11.1. The van der Waals surface area contributed by atoms with Crippen molar-refractivity contribution >= 4 is 10.9 Å². The molecule has 8 heteroatoms. The molecule has 1 N–H and O–H groups in total. The van der Waals surface area contributed by atoms with Gasteiger partial charge in [-0.15, -0.1) is 0 Å². The topological polar surface area (TPSA) is 86.6 Å². The molecule has 0 bridgehead atoms. The minimum absolute atomic E-state index is 0.145. The zero-order valence-electron chi connectivity index (χ0n) is 16.8. The van der Waals surface area contributed by atoms with Gasteiger partial charge in [0, 0.05) is 37.0 Å². The number of thiol groups is 1. The predicted molar refractivity (Wildman–Crippen MR) is 113 cm³/mol. The van der Waals surface area contributed by atoms with Crippen molar-refractivity contribution in [2.24, 2.45) is 13.0 Å². The fourth-order valence-electron chi connectivity index (χ4n) is 3.19. The largest absolute Gasteiger partial charge is 0.493 e. The Hall–Kier alpha value is -2.32. The van der Waals surface area contributed by atoms with Crippen LogP contribution in [-0.4, -0.2) is 32.7 Å². The number of ether oxygens (including phenoxy) is 2. The Kier molecular flexibility index (Phi) is 7.33. The van der Waals surface area contributed by atoms with Gasteiger partial charge < -0.3 is 14.0 Å². The van der Waals surface area contributed by atoms with Crippen LogP contribution >= 0.6 is 0 Å². The quantitative estimate of drug-likeness (QED) is 0.545. The Bertz CT molecular complexity index is 972. The van der Waals surface area contributed by atoms with E-state index in [1.807, 2.05) is 25.1 Å². The van der Waals surface area contributed by atoms with E-state index in [1.54, 1.807) is 13.2 Å². The first-order chi connectivity index (χ1) is 14.0. The van der Waals surface area contributed by atoms with Crippen LogP contribution in [0.1, 0.15) is 31.7 Å². The third-order valence-electron chi connectivity index (χ3n) is 4.96. The van der Waals surface area contributed by atoms with E-state index in [-0.39, 0.29) is 5.56 Å². The van der Waals surface area contributed by atoms with Crippen molar-refractivity contribution < 1.29 is 17.9 Å². The van der Waals surface area contributed by atoms with E-state index in [0.717, 1.165) is 34.8 Å². The number of hydrogen-bond donors (Lipinski definition) is 2. The monoisotopic (exact) mass is 420 g/mol. The SMILES string of the molecule is CCOc1cc(=O)n(C)cc1-c1cc(CCN[SH](=O)=O)ccc1OCCC1CC1. The lowest BCUT2D eigenvalue weighted by molar-refractivity contribution is 0.303. The molecule has 2 aromatic rings. The molecular weight excluding hydrogens is 392 g/mol. The molecule has 1 aliphatic rings. The third kappa shape index (κ3) is 6.08. The molecule has 1 aromatic carbocycles. The van der Waals surface area contributed by atoms with E-state index >= 15 is 0 Å². The number of rotatable bonds is 11. The molecule has 1 fully saturated rings. The smallest absolute Gasteiger partial charge is 0.254 e. The average molecular weight is 421 g/mol. The summed E-state index contributed by atoms with van der Waals surface area (Å²) in [5, 5.41) is 0. The molecule has 1 saturated carbocycles. The number of nitrogens with one attached hydrogen (secondary N) is 1. The summed E-state index contributed by atoms with van der Waals surface area (Å²) in [4.78, 5) is 12.1. The zero-order chi connectivity index (χ0) is 20.8. The van der Waals surface area contributed by atoms with Crippen LogP contribution in [0.25, 0.3) is 11.1 Å². The normalized spacial score (nSPS) is 13.6. The highest BCUT2D eigenvalue weighted by Crippen LogP contribution is 2.37. The second-order valence-corrected chi connectivity index (χ2v) is 8.09. The molecule has 0 radical (unpaired) electrons. The van der Waals surface area contributed by atoms with Crippen molar-refractivity contribution in [2.75, 3.05) is 19.8 Å². The molecule has 1 heterocycles. The summed E-state index contributed by atoms with van der Waals surface area (Å²) in [6, 6.07) is 7.32. The summed E-state index contributed by atoms with van der Waals surface area (Å²) < 4.78 is 37.3. The number of benzene rings is 1. The maximum atomic E-state index is 12.1. The predicted octanol–water partition coefficient (Wildman–Crippen LogP) is 2.29. The molecule has 0 aliphatic heterocycles. The van der Waals surface area contributed by atoms with Crippen LogP contribution < -0.4 is 19.8 Å². The highest BCUT2D eigenvalue weighted by molar-refractivity contribution is 7.70. The van der Waals surface area contributed by atoms with Crippen molar-refractivity contribution in [2.45, 2.75) is 32.6 Å². The minimum atomic E-state index is -2.61. The van der Waals surface area contributed by atoms with Gasteiger partial charge in [0.1, 0.15) is 11.5 Å². The van der Waals surface area contributed by atoms with Crippen LogP contribution in [0, 0.1) is 5.92 Å². The van der Waals surface area contributed by atoms with Gasteiger partial charge in [0.15, 0.2) is 0 Å². The lowest BCUT2D eigenvalue weighted by atomic mass is 10.0. The average Bonchev–Trinajstić information content (AvgIpc) is 3.50. The van der Waals surface area contributed by atoms with Crippen molar-refractivity contribution in [3.63, 3.8) is 0 Å². The second kappa shape index (κ2) is 9.93. The van der Waals surface area contributed by atoms with Crippen LogP contribution in [0.5, 0.6) is 11.5 Å². The molecule has 0 unspecified atom stereocenters. The summed E-state index contributed by atoms with van der Waals surface area (Å²) in [6.07, 6.45) is 5.90. The molecule has 3 rings (SSSR count). The molecule has 7 nitrogen and oxygen atoms in total. The van der Waals surface area contributed by atoms with Crippen molar-refractivity contribution in [1.29, 1.82) is 0 Å². The first kappa shape index (κ1) is 21.4. The lowest BCUT2D eigenvalue weighted by Crippen LogP contribution is -2.16. The standard InChI is InChI=1S/C21H28N2O5S/c1-3-27-20-13-21(24)23(2)14-18(20)17-12-16(8-10-22-29(25)26)6-7-19(17)28-11-9-15-4-5-15/h6-7,12-15,29H,3-5,8-11H2,1-2H3,(H,22,25,26). The second-order valence-electron chi connectivity index (χ2n) is 7.26. The van der Waals surface area contributed by atoms with Crippen LogP contribution in [0.15, 0.2) is 35.3 Å². The van der Waals surface area contributed by atoms with Crippen molar-refractivity contribution in [3.05, 3.63) is 46.4 Å². The van der Waals surface area contributed by atoms with Gasteiger partial charge >= 0.3 is 0 Å². The van der Waals surface area contributed by atoms with E-state index in [9.17, 15) is 13.2 Å². The number of aromatic nitrogens is 1. The molecular formula is C21H28N2O5S. The molecule has 0 amide bonds. The Morgan fingerprint density at radius 3 is 2.62 bits per heavy atom. The summed E-state index contributed by atoms with van der Waals surface area (Å²) in [5.74, 6) is 2.02. The number of hydrogen-bond acceptors (Lipinski definition) is 5. The number of pyridine rings is 1. The van der Waals surface area contributed by atoms with Crippen LogP contribution in [0.4, 0.5) is 0 Å². The van der Waals surface area contributed by atoms with Gasteiger partial charge in [-0.25, -0.2) is 13.1 Å². The summed E-state index contributed by atoms with van der Waals surface area (Å²) in [5.41, 5.74) is 2.44. The summed E-state index contributed by atoms with van der Waals surface area (Å²) >= 11 is 0. The number of nitrogens with zero attached hydrogens (tertiary/aromatic N) is 1. The fraction of sp³-hybridized carbons (Fsp3) is 0.476. The van der Waals surface area contributed by atoms with Crippen LogP contribution in [0.2, 0.25) is 0 Å². The van der Waals surface area contributed by atoms with Gasteiger partial charge in [0.05, 0.1) is 13.2 Å².